The van der Waals surface area contributed by atoms with Crippen LogP contribution in [0, 0.1) is 0 Å². The van der Waals surface area contributed by atoms with Gasteiger partial charge in [-0.05, 0) is 19.9 Å². The first-order valence-corrected chi connectivity index (χ1v) is 5.84. The summed E-state index contributed by atoms with van der Waals surface area (Å²) in [6.07, 6.45) is 5.35. The summed E-state index contributed by atoms with van der Waals surface area (Å²) >= 11 is 0. The van der Waals surface area contributed by atoms with Gasteiger partial charge < -0.3 is 5.32 Å². The van der Waals surface area contributed by atoms with Crippen LogP contribution in [0.4, 0.5) is 0 Å². The zero-order valence-corrected chi connectivity index (χ0v) is 10.2. The molecule has 0 saturated heterocycles. The molecule has 0 fully saturated rings. The predicted molar refractivity (Wildman–Crippen MR) is 64.3 cm³/mol. The van der Waals surface area contributed by atoms with Crippen LogP contribution in [-0.4, -0.2) is 31.1 Å². The second-order valence-corrected chi connectivity index (χ2v) is 4.16. The summed E-state index contributed by atoms with van der Waals surface area (Å²) in [4.78, 5) is 4.24. The van der Waals surface area contributed by atoms with Crippen LogP contribution < -0.4 is 5.32 Å². The van der Waals surface area contributed by atoms with Gasteiger partial charge in [-0.3, -0.25) is 4.68 Å². The third-order valence-electron chi connectivity index (χ3n) is 2.50. The van der Waals surface area contributed by atoms with E-state index in [1.165, 1.54) is 0 Å². The molecule has 0 aliphatic heterocycles. The zero-order chi connectivity index (χ0) is 12.1. The molecule has 6 heteroatoms. The van der Waals surface area contributed by atoms with Gasteiger partial charge in [-0.15, -0.1) is 0 Å². The van der Waals surface area contributed by atoms with Crippen LogP contribution in [-0.2, 0) is 13.1 Å². The molecule has 1 N–H and O–H groups in total. The number of hydrogen-bond acceptors (Lipinski definition) is 4. The van der Waals surface area contributed by atoms with Gasteiger partial charge >= 0.3 is 0 Å². The van der Waals surface area contributed by atoms with Gasteiger partial charge in [-0.25, -0.2) is 9.67 Å². The summed E-state index contributed by atoms with van der Waals surface area (Å²) in [7, 11) is 0. The molecule has 17 heavy (non-hydrogen) atoms. The number of nitrogens with zero attached hydrogens (tertiary/aromatic N) is 5. The minimum absolute atomic E-state index is 0.348. The van der Waals surface area contributed by atoms with Crippen molar-refractivity contribution in [1.29, 1.82) is 0 Å². The van der Waals surface area contributed by atoms with Gasteiger partial charge in [0.1, 0.15) is 12.2 Å². The third-order valence-corrected chi connectivity index (χ3v) is 2.50. The van der Waals surface area contributed by atoms with E-state index in [0.717, 1.165) is 25.5 Å². The highest BCUT2D eigenvalue weighted by atomic mass is 15.4. The minimum Gasteiger partial charge on any atom is -0.308 e. The lowest BCUT2D eigenvalue weighted by atomic mass is 10.4. The number of aromatic nitrogens is 5. The van der Waals surface area contributed by atoms with E-state index >= 15 is 0 Å². The summed E-state index contributed by atoms with van der Waals surface area (Å²) < 4.78 is 3.83. The Morgan fingerprint density at radius 1 is 1.35 bits per heavy atom. The monoisotopic (exact) mass is 234 g/mol. The Hall–Kier alpha value is -1.69. The molecular formula is C11H18N6. The predicted octanol–water partition coefficient (Wildman–Crippen LogP) is 0.845. The molecule has 0 aliphatic carbocycles. The lowest BCUT2D eigenvalue weighted by Crippen LogP contribution is -2.22. The molecule has 0 aliphatic rings. The van der Waals surface area contributed by atoms with Gasteiger partial charge in [-0.2, -0.15) is 10.2 Å². The van der Waals surface area contributed by atoms with Gasteiger partial charge in [-0.1, -0.05) is 0 Å². The molecule has 0 saturated carbocycles. The fourth-order valence-corrected chi connectivity index (χ4v) is 1.66. The molecular weight excluding hydrogens is 216 g/mol. The second kappa shape index (κ2) is 5.58. The van der Waals surface area contributed by atoms with E-state index in [1.54, 1.807) is 12.5 Å². The lowest BCUT2D eigenvalue weighted by Gasteiger charge is -2.10. The topological polar surface area (TPSA) is 60.6 Å². The largest absolute Gasteiger partial charge is 0.308 e. The van der Waals surface area contributed by atoms with Crippen molar-refractivity contribution in [2.45, 2.75) is 33.0 Å². The van der Waals surface area contributed by atoms with Crippen molar-refractivity contribution in [3.8, 4) is 0 Å². The second-order valence-electron chi connectivity index (χ2n) is 4.16. The van der Waals surface area contributed by atoms with Crippen LogP contribution in [0.2, 0.25) is 0 Å². The molecule has 0 radical (unpaired) electrons. The Balaban J connectivity index is 1.76. The molecule has 0 amide bonds. The summed E-state index contributed by atoms with van der Waals surface area (Å²) in [5.41, 5.74) is 0. The van der Waals surface area contributed by atoms with E-state index in [0.29, 0.717) is 6.04 Å². The molecule has 0 bridgehead atoms. The van der Waals surface area contributed by atoms with E-state index in [9.17, 15) is 0 Å². The van der Waals surface area contributed by atoms with Crippen molar-refractivity contribution in [3.05, 3.63) is 30.6 Å². The van der Waals surface area contributed by atoms with Gasteiger partial charge in [0.15, 0.2) is 0 Å². The Kier molecular flexibility index (Phi) is 3.87. The molecule has 2 rings (SSSR count). The SMILES string of the molecule is CC(C)n1ncnc1CNCCn1cccn1. The van der Waals surface area contributed by atoms with Crippen LogP contribution in [0.3, 0.4) is 0 Å². The highest BCUT2D eigenvalue weighted by molar-refractivity contribution is 4.85. The molecule has 2 aromatic heterocycles. The van der Waals surface area contributed by atoms with Crippen molar-refractivity contribution in [1.82, 2.24) is 29.9 Å². The summed E-state index contributed by atoms with van der Waals surface area (Å²) in [5.74, 6) is 0.973. The first-order chi connectivity index (χ1) is 8.27. The van der Waals surface area contributed by atoms with Gasteiger partial charge in [0.25, 0.3) is 0 Å². The molecule has 0 aromatic carbocycles. The molecule has 92 valence electrons. The quantitative estimate of drug-likeness (QED) is 0.753. The minimum atomic E-state index is 0.348. The number of nitrogens with one attached hydrogen (secondary N) is 1. The lowest BCUT2D eigenvalue weighted by molar-refractivity contribution is 0.480. The van der Waals surface area contributed by atoms with Crippen LogP contribution >= 0.6 is 0 Å². The van der Waals surface area contributed by atoms with Crippen molar-refractivity contribution in [2.24, 2.45) is 0 Å². The molecule has 0 spiro atoms. The molecule has 6 nitrogen and oxygen atoms in total. The van der Waals surface area contributed by atoms with Crippen molar-refractivity contribution < 1.29 is 0 Å². The Morgan fingerprint density at radius 2 is 2.24 bits per heavy atom. The van der Waals surface area contributed by atoms with Crippen LogP contribution in [0.5, 0.6) is 0 Å². The van der Waals surface area contributed by atoms with E-state index in [1.807, 2.05) is 21.6 Å². The normalized spacial score (nSPS) is 11.2. The van der Waals surface area contributed by atoms with E-state index in [4.69, 9.17) is 0 Å². The first-order valence-electron chi connectivity index (χ1n) is 5.84. The van der Waals surface area contributed by atoms with Gasteiger partial charge in [0.2, 0.25) is 0 Å². The standard InChI is InChI=1S/C11H18N6/c1-10(2)17-11(13-9-15-17)8-12-5-7-16-6-3-4-14-16/h3-4,6,9-10,12H,5,7-8H2,1-2H3. The van der Waals surface area contributed by atoms with Crippen LogP contribution in [0.15, 0.2) is 24.8 Å². The average Bonchev–Trinajstić information content (AvgIpc) is 2.95. The van der Waals surface area contributed by atoms with E-state index < -0.39 is 0 Å². The maximum Gasteiger partial charge on any atom is 0.141 e. The summed E-state index contributed by atoms with van der Waals surface area (Å²) in [5, 5.41) is 11.7. The molecule has 2 aromatic rings. The van der Waals surface area contributed by atoms with E-state index in [-0.39, 0.29) is 0 Å². The smallest absolute Gasteiger partial charge is 0.141 e. The van der Waals surface area contributed by atoms with Gasteiger partial charge in [0.05, 0.1) is 13.1 Å². The van der Waals surface area contributed by atoms with Crippen molar-refractivity contribution >= 4 is 0 Å². The van der Waals surface area contributed by atoms with Crippen molar-refractivity contribution in [2.75, 3.05) is 6.54 Å². The number of hydrogen-bond donors (Lipinski definition) is 1. The van der Waals surface area contributed by atoms with Crippen LogP contribution in [0.1, 0.15) is 25.7 Å². The van der Waals surface area contributed by atoms with Gasteiger partial charge in [0, 0.05) is 25.0 Å². The molecule has 0 atom stereocenters. The first kappa shape index (κ1) is 11.8. The number of rotatable bonds is 6. The maximum atomic E-state index is 4.24. The zero-order valence-electron chi connectivity index (χ0n) is 10.2. The fourth-order valence-electron chi connectivity index (χ4n) is 1.66. The van der Waals surface area contributed by atoms with Crippen molar-refractivity contribution in [3.63, 3.8) is 0 Å². The molecule has 2 heterocycles. The maximum absolute atomic E-state index is 4.24. The molecule has 0 unspecified atom stereocenters. The Bertz CT molecular complexity index is 431. The Labute approximate surface area is 101 Å². The highest BCUT2D eigenvalue weighted by Gasteiger charge is 2.06. The fraction of sp³-hybridized carbons (Fsp3) is 0.545. The average molecular weight is 234 g/mol. The summed E-state index contributed by atoms with van der Waals surface area (Å²) in [6.45, 7) is 6.67. The highest BCUT2D eigenvalue weighted by Crippen LogP contribution is 2.04. The Morgan fingerprint density at radius 3 is 2.94 bits per heavy atom. The van der Waals surface area contributed by atoms with Crippen LogP contribution in [0.25, 0.3) is 0 Å². The van der Waals surface area contributed by atoms with E-state index in [2.05, 4.69) is 34.3 Å². The summed E-state index contributed by atoms with van der Waals surface area (Å²) in [6, 6.07) is 2.27. The third kappa shape index (κ3) is 3.13.